The summed E-state index contributed by atoms with van der Waals surface area (Å²) in [7, 11) is 0. The second kappa shape index (κ2) is 3.91. The molecule has 0 bridgehead atoms. The predicted octanol–water partition coefficient (Wildman–Crippen LogP) is 2.81. The second-order valence-corrected chi connectivity index (χ2v) is 4.35. The Bertz CT molecular complexity index is 557. The van der Waals surface area contributed by atoms with E-state index in [-0.39, 0.29) is 0 Å². The van der Waals surface area contributed by atoms with E-state index in [1.165, 1.54) is 22.4 Å². The number of benzene rings is 1. The zero-order chi connectivity index (χ0) is 11.8. The zero-order valence-electron chi connectivity index (χ0n) is 10.2. The SMILES string of the molecule is CCn1ncc(-c2cccc3c2OCC3)c1C. The van der Waals surface area contributed by atoms with Crippen LogP contribution in [0.4, 0.5) is 0 Å². The fourth-order valence-corrected chi connectivity index (χ4v) is 2.46. The molecule has 2 aromatic rings. The van der Waals surface area contributed by atoms with E-state index < -0.39 is 0 Å². The lowest BCUT2D eigenvalue weighted by atomic mass is 10.0. The summed E-state index contributed by atoms with van der Waals surface area (Å²) in [5.41, 5.74) is 4.88. The van der Waals surface area contributed by atoms with Gasteiger partial charge in [0.15, 0.2) is 0 Å². The number of hydrogen-bond acceptors (Lipinski definition) is 2. The molecular weight excluding hydrogens is 212 g/mol. The van der Waals surface area contributed by atoms with E-state index in [1.807, 2.05) is 10.9 Å². The van der Waals surface area contributed by atoms with E-state index in [0.29, 0.717) is 0 Å². The van der Waals surface area contributed by atoms with Gasteiger partial charge in [-0.1, -0.05) is 18.2 Å². The minimum atomic E-state index is 0.799. The molecule has 0 radical (unpaired) electrons. The topological polar surface area (TPSA) is 27.1 Å². The van der Waals surface area contributed by atoms with Gasteiger partial charge < -0.3 is 4.74 Å². The standard InChI is InChI=1S/C14H16N2O/c1-3-16-10(2)13(9-15-16)12-6-4-5-11-7-8-17-14(11)12/h4-6,9H,3,7-8H2,1-2H3. The number of hydrogen-bond donors (Lipinski definition) is 0. The minimum Gasteiger partial charge on any atom is -0.492 e. The van der Waals surface area contributed by atoms with Crippen LogP contribution in [0, 0.1) is 6.92 Å². The number of rotatable bonds is 2. The number of aryl methyl sites for hydroxylation is 1. The van der Waals surface area contributed by atoms with Gasteiger partial charge in [-0.25, -0.2) is 0 Å². The van der Waals surface area contributed by atoms with Gasteiger partial charge in [-0.05, 0) is 19.4 Å². The molecule has 0 saturated heterocycles. The molecule has 0 aliphatic carbocycles. The fourth-order valence-electron chi connectivity index (χ4n) is 2.46. The van der Waals surface area contributed by atoms with Crippen LogP contribution in [-0.4, -0.2) is 16.4 Å². The van der Waals surface area contributed by atoms with E-state index in [0.717, 1.165) is 25.3 Å². The summed E-state index contributed by atoms with van der Waals surface area (Å²) >= 11 is 0. The normalized spacial score (nSPS) is 13.5. The molecule has 1 aromatic heterocycles. The van der Waals surface area contributed by atoms with E-state index in [9.17, 15) is 0 Å². The third-order valence-electron chi connectivity index (χ3n) is 3.41. The van der Waals surface area contributed by atoms with Crippen LogP contribution in [0.15, 0.2) is 24.4 Å². The van der Waals surface area contributed by atoms with Crippen molar-refractivity contribution in [1.82, 2.24) is 9.78 Å². The van der Waals surface area contributed by atoms with Crippen LogP contribution >= 0.6 is 0 Å². The highest BCUT2D eigenvalue weighted by Gasteiger charge is 2.19. The largest absolute Gasteiger partial charge is 0.492 e. The van der Waals surface area contributed by atoms with Crippen molar-refractivity contribution in [3.63, 3.8) is 0 Å². The van der Waals surface area contributed by atoms with E-state index in [4.69, 9.17) is 4.74 Å². The Morgan fingerprint density at radius 2 is 2.24 bits per heavy atom. The maximum atomic E-state index is 5.74. The van der Waals surface area contributed by atoms with Gasteiger partial charge in [0.25, 0.3) is 0 Å². The smallest absolute Gasteiger partial charge is 0.130 e. The van der Waals surface area contributed by atoms with Crippen LogP contribution in [-0.2, 0) is 13.0 Å². The Morgan fingerprint density at radius 3 is 3.00 bits per heavy atom. The molecule has 0 amide bonds. The van der Waals surface area contributed by atoms with Crippen LogP contribution in [0.5, 0.6) is 5.75 Å². The molecule has 0 unspecified atom stereocenters. The van der Waals surface area contributed by atoms with E-state index >= 15 is 0 Å². The number of nitrogens with zero attached hydrogens (tertiary/aromatic N) is 2. The molecule has 3 rings (SSSR count). The molecule has 1 aliphatic rings. The lowest BCUT2D eigenvalue weighted by molar-refractivity contribution is 0.358. The first-order valence-electron chi connectivity index (χ1n) is 6.08. The summed E-state index contributed by atoms with van der Waals surface area (Å²) in [6.45, 7) is 5.92. The average molecular weight is 228 g/mol. The summed E-state index contributed by atoms with van der Waals surface area (Å²) in [6.07, 6.45) is 2.96. The monoisotopic (exact) mass is 228 g/mol. The number of ether oxygens (including phenoxy) is 1. The summed E-state index contributed by atoms with van der Waals surface area (Å²) in [6, 6.07) is 6.37. The number of fused-ring (bicyclic) bond motifs is 1. The molecule has 1 aliphatic heterocycles. The third kappa shape index (κ3) is 1.54. The van der Waals surface area contributed by atoms with Gasteiger partial charge in [0, 0.05) is 29.8 Å². The molecule has 3 heteroatoms. The van der Waals surface area contributed by atoms with E-state index in [2.05, 4.69) is 37.1 Å². The Morgan fingerprint density at radius 1 is 1.35 bits per heavy atom. The Balaban J connectivity index is 2.16. The van der Waals surface area contributed by atoms with Gasteiger partial charge in [0.2, 0.25) is 0 Å². The Hall–Kier alpha value is -1.77. The fraction of sp³-hybridized carbons (Fsp3) is 0.357. The van der Waals surface area contributed by atoms with Gasteiger partial charge in [-0.3, -0.25) is 4.68 Å². The number of aromatic nitrogens is 2. The predicted molar refractivity (Wildman–Crippen MR) is 67.3 cm³/mol. The van der Waals surface area contributed by atoms with Gasteiger partial charge in [0.05, 0.1) is 12.8 Å². The van der Waals surface area contributed by atoms with Crippen LogP contribution < -0.4 is 4.74 Å². The van der Waals surface area contributed by atoms with Crippen molar-refractivity contribution in [2.45, 2.75) is 26.8 Å². The lowest BCUT2D eigenvalue weighted by Gasteiger charge is -2.07. The first kappa shape index (κ1) is 10.4. The van der Waals surface area contributed by atoms with Crippen molar-refractivity contribution in [2.24, 2.45) is 0 Å². The van der Waals surface area contributed by atoms with Crippen molar-refractivity contribution in [1.29, 1.82) is 0 Å². The van der Waals surface area contributed by atoms with Gasteiger partial charge >= 0.3 is 0 Å². The Kier molecular flexibility index (Phi) is 2.39. The van der Waals surface area contributed by atoms with Crippen LogP contribution in [0.3, 0.4) is 0 Å². The molecule has 3 nitrogen and oxygen atoms in total. The lowest BCUT2D eigenvalue weighted by Crippen LogP contribution is -1.98. The minimum absolute atomic E-state index is 0.799. The summed E-state index contributed by atoms with van der Waals surface area (Å²) in [5.74, 6) is 1.05. The number of para-hydroxylation sites is 1. The van der Waals surface area contributed by atoms with Crippen molar-refractivity contribution in [3.8, 4) is 16.9 Å². The maximum absolute atomic E-state index is 5.74. The first-order chi connectivity index (χ1) is 8.31. The molecule has 1 aromatic carbocycles. The second-order valence-electron chi connectivity index (χ2n) is 4.35. The molecule has 0 fully saturated rings. The first-order valence-corrected chi connectivity index (χ1v) is 6.08. The zero-order valence-corrected chi connectivity index (χ0v) is 10.2. The third-order valence-corrected chi connectivity index (χ3v) is 3.41. The van der Waals surface area contributed by atoms with Gasteiger partial charge in [-0.2, -0.15) is 5.10 Å². The summed E-state index contributed by atoms with van der Waals surface area (Å²) < 4.78 is 7.76. The molecule has 0 spiro atoms. The average Bonchev–Trinajstić information content (AvgIpc) is 2.94. The summed E-state index contributed by atoms with van der Waals surface area (Å²) in [4.78, 5) is 0. The van der Waals surface area contributed by atoms with Crippen LogP contribution in [0.2, 0.25) is 0 Å². The molecule has 2 heterocycles. The van der Waals surface area contributed by atoms with Crippen molar-refractivity contribution in [2.75, 3.05) is 6.61 Å². The highest BCUT2D eigenvalue weighted by molar-refractivity contribution is 5.74. The van der Waals surface area contributed by atoms with Crippen LogP contribution in [0.1, 0.15) is 18.2 Å². The maximum Gasteiger partial charge on any atom is 0.130 e. The van der Waals surface area contributed by atoms with Crippen molar-refractivity contribution < 1.29 is 4.74 Å². The highest BCUT2D eigenvalue weighted by Crippen LogP contribution is 2.37. The van der Waals surface area contributed by atoms with Crippen LogP contribution in [0.25, 0.3) is 11.1 Å². The molecule has 0 atom stereocenters. The quantitative estimate of drug-likeness (QED) is 0.790. The van der Waals surface area contributed by atoms with Crippen molar-refractivity contribution >= 4 is 0 Å². The molecule has 17 heavy (non-hydrogen) atoms. The Labute approximate surface area is 101 Å². The van der Waals surface area contributed by atoms with E-state index in [1.54, 1.807) is 0 Å². The highest BCUT2D eigenvalue weighted by atomic mass is 16.5. The van der Waals surface area contributed by atoms with Crippen molar-refractivity contribution in [3.05, 3.63) is 35.7 Å². The van der Waals surface area contributed by atoms with Gasteiger partial charge in [0.1, 0.15) is 5.75 Å². The molecule has 88 valence electrons. The molecule has 0 N–H and O–H groups in total. The molecular formula is C14H16N2O. The van der Waals surface area contributed by atoms with Gasteiger partial charge in [-0.15, -0.1) is 0 Å². The summed E-state index contributed by atoms with van der Waals surface area (Å²) in [5, 5.41) is 4.40. The molecule has 0 saturated carbocycles.